The van der Waals surface area contributed by atoms with Gasteiger partial charge in [-0.3, -0.25) is 14.7 Å². The third kappa shape index (κ3) is 7.33. The third-order valence-corrected chi connectivity index (χ3v) is 9.65. The number of rotatable bonds is 9. The van der Waals surface area contributed by atoms with Gasteiger partial charge >= 0.3 is 0 Å². The summed E-state index contributed by atoms with van der Waals surface area (Å²) in [5, 5.41) is 2.01. The summed E-state index contributed by atoms with van der Waals surface area (Å²) in [4.78, 5) is 21.8. The molecule has 0 bridgehead atoms. The van der Waals surface area contributed by atoms with E-state index < -0.39 is 0 Å². The first-order valence-corrected chi connectivity index (χ1v) is 16.2. The van der Waals surface area contributed by atoms with Crippen molar-refractivity contribution in [2.45, 2.75) is 89.3 Å². The summed E-state index contributed by atoms with van der Waals surface area (Å²) < 4.78 is 12.0. The number of carbonyl (C=O) groups excluding carboxylic acids is 1. The Bertz CT molecular complexity index is 1330. The van der Waals surface area contributed by atoms with Crippen molar-refractivity contribution in [1.29, 1.82) is 0 Å². The average Bonchev–Trinajstić information content (AvgIpc) is 3.27. The quantitative estimate of drug-likeness (QED) is 0.209. The van der Waals surface area contributed by atoms with Crippen LogP contribution in [0.2, 0.25) is 10.0 Å². The number of hydrogen-bond acceptors (Lipinski definition) is 5. The Balaban J connectivity index is 1.44. The lowest BCUT2D eigenvalue weighted by Gasteiger charge is -2.31. The Kier molecular flexibility index (Phi) is 10.4. The van der Waals surface area contributed by atoms with Crippen molar-refractivity contribution < 1.29 is 14.3 Å². The number of amides is 1. The van der Waals surface area contributed by atoms with Crippen molar-refractivity contribution in [2.75, 3.05) is 7.11 Å². The fraction of sp³-hybridized carbons (Fsp3) is 0.455. The van der Waals surface area contributed by atoms with E-state index in [4.69, 9.17) is 37.7 Å². The molecule has 3 fully saturated rings. The maximum Gasteiger partial charge on any atom is 0.266 e. The number of thioether (sulfide) groups is 1. The van der Waals surface area contributed by atoms with E-state index in [2.05, 4.69) is 6.58 Å². The van der Waals surface area contributed by atoms with Crippen LogP contribution in [-0.4, -0.2) is 35.2 Å². The maximum atomic E-state index is 13.9. The van der Waals surface area contributed by atoms with E-state index in [1.807, 2.05) is 35.3 Å². The van der Waals surface area contributed by atoms with Crippen LogP contribution in [0.4, 0.5) is 0 Å². The van der Waals surface area contributed by atoms with Crippen molar-refractivity contribution in [2.24, 2.45) is 4.99 Å². The van der Waals surface area contributed by atoms with Gasteiger partial charge in [0.15, 0.2) is 16.7 Å². The van der Waals surface area contributed by atoms with Crippen LogP contribution in [0.25, 0.3) is 6.08 Å². The zero-order chi connectivity index (χ0) is 28.8. The number of halogens is 2. The summed E-state index contributed by atoms with van der Waals surface area (Å²) in [7, 11) is 1.63. The minimum atomic E-state index is 0.0680. The van der Waals surface area contributed by atoms with Crippen LogP contribution in [0.1, 0.15) is 80.9 Å². The van der Waals surface area contributed by atoms with Crippen LogP contribution in [-0.2, 0) is 17.8 Å². The molecule has 3 aliphatic rings. The lowest BCUT2D eigenvalue weighted by molar-refractivity contribution is -0.124. The fourth-order valence-corrected chi connectivity index (χ4v) is 7.51. The Labute approximate surface area is 258 Å². The number of methoxy groups -OCH3 is 1. The zero-order valence-electron chi connectivity index (χ0n) is 23.7. The standard InChI is InChI=1S/C33H38Cl2N2O3S/c1-3-10-23-17-22(18-29(39-2)31(23)40-21-24-15-16-25(34)20-28(24)35)19-30-32(38)37(27-13-8-5-9-14-27)33(41-30)36-26-11-6-4-7-12-26/h3,15-20,26-27H,1,4-14,21H2,2H3. The molecule has 0 unspecified atom stereocenters. The van der Waals surface area contributed by atoms with Gasteiger partial charge in [-0.1, -0.05) is 73.9 Å². The topological polar surface area (TPSA) is 51.1 Å². The largest absolute Gasteiger partial charge is 0.493 e. The number of allylic oxidation sites excluding steroid dienone is 1. The Morgan fingerprint density at radius 3 is 2.44 bits per heavy atom. The lowest BCUT2D eigenvalue weighted by atomic mass is 9.94. The second-order valence-corrected chi connectivity index (χ2v) is 12.9. The van der Waals surface area contributed by atoms with E-state index >= 15 is 0 Å². The van der Waals surface area contributed by atoms with Crippen molar-refractivity contribution >= 4 is 52.1 Å². The summed E-state index contributed by atoms with van der Waals surface area (Å²) in [6, 6.07) is 9.88. The number of ether oxygens (including phenoxy) is 2. The van der Waals surface area contributed by atoms with E-state index in [0.29, 0.717) is 38.9 Å². The molecular weight excluding hydrogens is 575 g/mol. The second-order valence-electron chi connectivity index (χ2n) is 11.0. The van der Waals surface area contributed by atoms with Gasteiger partial charge in [-0.15, -0.1) is 6.58 Å². The minimum Gasteiger partial charge on any atom is -0.493 e. The summed E-state index contributed by atoms with van der Waals surface area (Å²) in [5.74, 6) is 1.30. The Morgan fingerprint density at radius 2 is 1.76 bits per heavy atom. The number of carbonyl (C=O) groups is 1. The number of aliphatic imine (C=N–C) groups is 1. The Hall–Kier alpha value is -2.41. The zero-order valence-corrected chi connectivity index (χ0v) is 26.0. The van der Waals surface area contributed by atoms with Crippen molar-refractivity contribution in [3.8, 4) is 11.5 Å². The average molecular weight is 614 g/mol. The summed E-state index contributed by atoms with van der Waals surface area (Å²) in [6.07, 6.45) is 16.0. The van der Waals surface area contributed by atoms with Gasteiger partial charge in [0.1, 0.15) is 6.61 Å². The molecule has 41 heavy (non-hydrogen) atoms. The van der Waals surface area contributed by atoms with Gasteiger partial charge in [0.25, 0.3) is 5.91 Å². The van der Waals surface area contributed by atoms with Crippen LogP contribution in [0.5, 0.6) is 11.5 Å². The molecule has 218 valence electrons. The first-order valence-electron chi connectivity index (χ1n) is 14.7. The molecular formula is C33H38Cl2N2O3S. The predicted molar refractivity (Wildman–Crippen MR) is 171 cm³/mol. The van der Waals surface area contributed by atoms with Gasteiger partial charge in [-0.25, -0.2) is 0 Å². The SMILES string of the molecule is C=CCc1cc(C=C2SC(=NC3CCCCC3)N(C3CCCCC3)C2=O)cc(OC)c1OCc1ccc(Cl)cc1Cl. The molecule has 2 aliphatic carbocycles. The number of amidine groups is 1. The first-order chi connectivity index (χ1) is 20.0. The van der Waals surface area contributed by atoms with E-state index in [0.717, 1.165) is 47.5 Å². The molecule has 1 heterocycles. The van der Waals surface area contributed by atoms with Crippen molar-refractivity contribution in [1.82, 2.24) is 4.90 Å². The molecule has 1 saturated heterocycles. The van der Waals surface area contributed by atoms with Crippen LogP contribution in [0.3, 0.4) is 0 Å². The highest BCUT2D eigenvalue weighted by molar-refractivity contribution is 8.18. The lowest BCUT2D eigenvalue weighted by Crippen LogP contribution is -2.41. The minimum absolute atomic E-state index is 0.0680. The summed E-state index contributed by atoms with van der Waals surface area (Å²) in [6.45, 7) is 4.21. The van der Waals surface area contributed by atoms with E-state index in [1.54, 1.807) is 19.2 Å². The molecule has 0 N–H and O–H groups in total. The predicted octanol–water partition coefficient (Wildman–Crippen LogP) is 9.25. The molecule has 0 spiro atoms. The smallest absolute Gasteiger partial charge is 0.266 e. The van der Waals surface area contributed by atoms with Gasteiger partial charge in [0.2, 0.25) is 0 Å². The molecule has 8 heteroatoms. The van der Waals surface area contributed by atoms with Crippen LogP contribution >= 0.6 is 35.0 Å². The molecule has 5 rings (SSSR count). The van der Waals surface area contributed by atoms with Gasteiger partial charge in [-0.2, -0.15) is 0 Å². The highest BCUT2D eigenvalue weighted by Crippen LogP contribution is 2.40. The van der Waals surface area contributed by atoms with E-state index in [9.17, 15) is 4.79 Å². The number of benzene rings is 2. The number of nitrogens with zero attached hydrogens (tertiary/aromatic N) is 2. The second kappa shape index (κ2) is 14.2. The number of hydrogen-bond donors (Lipinski definition) is 0. The van der Waals surface area contributed by atoms with Gasteiger partial charge in [0, 0.05) is 27.2 Å². The van der Waals surface area contributed by atoms with Crippen LogP contribution in [0, 0.1) is 0 Å². The van der Waals surface area contributed by atoms with Crippen molar-refractivity contribution in [3.63, 3.8) is 0 Å². The molecule has 1 aliphatic heterocycles. The molecule has 1 amide bonds. The molecule has 5 nitrogen and oxygen atoms in total. The Morgan fingerprint density at radius 1 is 1.02 bits per heavy atom. The van der Waals surface area contributed by atoms with Crippen LogP contribution < -0.4 is 9.47 Å². The van der Waals surface area contributed by atoms with E-state index in [-0.39, 0.29) is 18.6 Å². The molecule has 0 radical (unpaired) electrons. The highest BCUT2D eigenvalue weighted by atomic mass is 35.5. The van der Waals surface area contributed by atoms with Crippen molar-refractivity contribution in [3.05, 3.63) is 74.6 Å². The van der Waals surface area contributed by atoms with Gasteiger partial charge in [-0.05, 0) is 79.8 Å². The first kappa shape index (κ1) is 30.1. The molecule has 2 saturated carbocycles. The van der Waals surface area contributed by atoms with Gasteiger partial charge < -0.3 is 9.47 Å². The highest BCUT2D eigenvalue weighted by Gasteiger charge is 2.39. The fourth-order valence-electron chi connectivity index (χ4n) is 5.93. The van der Waals surface area contributed by atoms with Crippen LogP contribution in [0.15, 0.2) is 52.9 Å². The molecule has 2 aromatic rings. The monoisotopic (exact) mass is 612 g/mol. The van der Waals surface area contributed by atoms with E-state index in [1.165, 1.54) is 50.3 Å². The molecule has 0 aromatic heterocycles. The normalized spacial score (nSPS) is 20.7. The van der Waals surface area contributed by atoms with Gasteiger partial charge in [0.05, 0.1) is 18.1 Å². The molecule has 0 atom stereocenters. The molecule has 2 aromatic carbocycles. The maximum absolute atomic E-state index is 13.9. The third-order valence-electron chi connectivity index (χ3n) is 8.07. The summed E-state index contributed by atoms with van der Waals surface area (Å²) >= 11 is 14.0. The summed E-state index contributed by atoms with van der Waals surface area (Å²) in [5.41, 5.74) is 2.63.